The summed E-state index contributed by atoms with van der Waals surface area (Å²) in [4.78, 5) is 4.52. The predicted octanol–water partition coefficient (Wildman–Crippen LogP) is 5.27. The van der Waals surface area contributed by atoms with Gasteiger partial charge in [0, 0.05) is 42.0 Å². The molecule has 3 aromatic rings. The van der Waals surface area contributed by atoms with E-state index < -0.39 is 6.10 Å². The number of ether oxygens (including phenoxy) is 3. The molecule has 2 bridgehead atoms. The second kappa shape index (κ2) is 8.70. The van der Waals surface area contributed by atoms with Gasteiger partial charge in [-0.1, -0.05) is 17.7 Å². The van der Waals surface area contributed by atoms with Crippen LogP contribution in [-0.2, 0) is 6.54 Å². The Balaban J connectivity index is 1.41. The number of methoxy groups -OCH3 is 1. The fraction of sp³-hybridized carbons (Fsp3) is 0.393. The molecule has 0 spiro atoms. The molecule has 6 nitrogen and oxygen atoms in total. The van der Waals surface area contributed by atoms with E-state index in [1.54, 1.807) is 13.3 Å². The Morgan fingerprint density at radius 2 is 2.09 bits per heavy atom. The van der Waals surface area contributed by atoms with Gasteiger partial charge in [0.2, 0.25) is 6.79 Å². The molecule has 7 heteroatoms. The topological polar surface area (TPSA) is 60.8 Å². The lowest BCUT2D eigenvalue weighted by Crippen LogP contribution is -2.67. The molecule has 1 aromatic heterocycles. The zero-order chi connectivity index (χ0) is 24.2. The minimum Gasteiger partial charge on any atom is -0.497 e. The number of aliphatic hydroxyl groups excluding tert-OH is 1. The van der Waals surface area contributed by atoms with Gasteiger partial charge in [-0.3, -0.25) is 4.98 Å². The van der Waals surface area contributed by atoms with Gasteiger partial charge in [0.15, 0.2) is 11.5 Å². The monoisotopic (exact) mass is 493 g/mol. The first-order valence-electron chi connectivity index (χ1n) is 12.2. The molecular weight excluding hydrogens is 464 g/mol. The van der Waals surface area contributed by atoms with Crippen molar-refractivity contribution in [2.75, 3.05) is 27.0 Å². The lowest BCUT2D eigenvalue weighted by atomic mass is 9.71. The van der Waals surface area contributed by atoms with Crippen molar-refractivity contribution >= 4 is 22.5 Å². The summed E-state index contributed by atoms with van der Waals surface area (Å²) in [5.74, 6) is 3.14. The number of aromatic nitrogens is 1. The molecular formula is C28H30ClN2O4+. The van der Waals surface area contributed by atoms with Gasteiger partial charge in [-0.05, 0) is 41.8 Å². The minimum atomic E-state index is -0.644. The Kier molecular flexibility index (Phi) is 5.63. The Labute approximate surface area is 210 Å². The number of hydrogen-bond acceptors (Lipinski definition) is 5. The highest BCUT2D eigenvalue weighted by atomic mass is 35.5. The fourth-order valence-electron chi connectivity index (χ4n) is 6.54. The molecule has 4 unspecified atom stereocenters. The number of quaternary nitrogens is 1. The number of hydrogen-bond donors (Lipinski definition) is 1. The van der Waals surface area contributed by atoms with Crippen LogP contribution in [0.4, 0.5) is 0 Å². The maximum Gasteiger partial charge on any atom is 0.231 e. The standard InChI is InChI=1S/C28H30ClN2O4/c1-3-17-14-31(15-19-11-26-27(13-23(19)29)35-16-34-26)9-7-18(17)10-25(31)28(32)21-6-8-30-24-5-4-20(33-2)12-22(21)24/h3-6,8,11-13,17-18,25,28,32H,1,7,9-10,14-16H2,2H3/q+1/t17?,18?,25?,28-,31?/m0/s1. The van der Waals surface area contributed by atoms with Crippen LogP contribution in [0.2, 0.25) is 5.02 Å². The van der Waals surface area contributed by atoms with Gasteiger partial charge in [-0.25, -0.2) is 0 Å². The third kappa shape index (κ3) is 3.75. The van der Waals surface area contributed by atoms with Crippen LogP contribution in [0.15, 0.2) is 55.3 Å². The molecule has 3 saturated heterocycles. The van der Waals surface area contributed by atoms with Crippen molar-refractivity contribution in [1.82, 2.24) is 4.98 Å². The van der Waals surface area contributed by atoms with Crippen LogP contribution in [0.1, 0.15) is 30.1 Å². The van der Waals surface area contributed by atoms with Crippen molar-refractivity contribution in [1.29, 1.82) is 0 Å². The molecule has 0 amide bonds. The van der Waals surface area contributed by atoms with Crippen molar-refractivity contribution in [2.24, 2.45) is 11.8 Å². The fourth-order valence-corrected chi connectivity index (χ4v) is 6.75. The number of nitrogens with zero attached hydrogens (tertiary/aromatic N) is 2. The van der Waals surface area contributed by atoms with E-state index >= 15 is 0 Å². The highest BCUT2D eigenvalue weighted by Gasteiger charge is 2.54. The molecule has 35 heavy (non-hydrogen) atoms. The van der Waals surface area contributed by atoms with E-state index in [0.29, 0.717) is 22.6 Å². The number of fused-ring (bicyclic) bond motifs is 5. The smallest absolute Gasteiger partial charge is 0.231 e. The number of pyridine rings is 1. The van der Waals surface area contributed by atoms with Crippen molar-refractivity contribution in [3.05, 3.63) is 71.4 Å². The van der Waals surface area contributed by atoms with E-state index in [2.05, 4.69) is 17.6 Å². The van der Waals surface area contributed by atoms with Gasteiger partial charge in [-0.15, -0.1) is 6.58 Å². The van der Waals surface area contributed by atoms with E-state index in [-0.39, 0.29) is 12.8 Å². The second-order valence-corrected chi connectivity index (χ2v) is 10.5. The number of aliphatic hydroxyl groups is 1. The van der Waals surface area contributed by atoms with Crippen LogP contribution < -0.4 is 14.2 Å². The maximum absolute atomic E-state index is 12.0. The van der Waals surface area contributed by atoms with Gasteiger partial charge in [0.1, 0.15) is 24.4 Å². The van der Waals surface area contributed by atoms with Gasteiger partial charge < -0.3 is 23.8 Å². The summed E-state index contributed by atoms with van der Waals surface area (Å²) >= 11 is 6.73. The summed E-state index contributed by atoms with van der Waals surface area (Å²) in [5.41, 5.74) is 2.78. The summed E-state index contributed by atoms with van der Waals surface area (Å²) in [6.07, 6.45) is 5.30. The number of halogens is 1. The van der Waals surface area contributed by atoms with Gasteiger partial charge >= 0.3 is 0 Å². The number of piperidine rings is 3. The highest BCUT2D eigenvalue weighted by Crippen LogP contribution is 2.49. The summed E-state index contributed by atoms with van der Waals surface area (Å²) in [6.45, 7) is 7.01. The van der Waals surface area contributed by atoms with Gasteiger partial charge in [0.25, 0.3) is 0 Å². The summed E-state index contributed by atoms with van der Waals surface area (Å²) < 4.78 is 17.4. The van der Waals surface area contributed by atoms with Crippen molar-refractivity contribution in [3.8, 4) is 17.2 Å². The van der Waals surface area contributed by atoms with Gasteiger partial charge in [0.05, 0.1) is 30.7 Å². The molecule has 0 aliphatic carbocycles. The van der Waals surface area contributed by atoms with E-state index in [1.807, 2.05) is 36.4 Å². The van der Waals surface area contributed by atoms with Crippen LogP contribution in [-0.4, -0.2) is 47.6 Å². The summed E-state index contributed by atoms with van der Waals surface area (Å²) in [6, 6.07) is 11.7. The number of benzene rings is 2. The highest BCUT2D eigenvalue weighted by molar-refractivity contribution is 6.31. The molecule has 4 aliphatic heterocycles. The molecule has 182 valence electrons. The quantitative estimate of drug-likeness (QED) is 0.374. The van der Waals surface area contributed by atoms with Gasteiger partial charge in [-0.2, -0.15) is 0 Å². The molecule has 0 saturated carbocycles. The Hall–Kier alpha value is -2.80. The van der Waals surface area contributed by atoms with Crippen LogP contribution in [0.3, 0.4) is 0 Å². The predicted molar refractivity (Wildman–Crippen MR) is 135 cm³/mol. The van der Waals surface area contributed by atoms with Crippen LogP contribution in [0.25, 0.3) is 10.9 Å². The van der Waals surface area contributed by atoms with Crippen molar-refractivity contribution in [2.45, 2.75) is 31.5 Å². The van der Waals surface area contributed by atoms with Crippen LogP contribution in [0, 0.1) is 11.8 Å². The average molecular weight is 494 g/mol. The molecule has 0 radical (unpaired) electrons. The van der Waals surface area contributed by atoms with Crippen molar-refractivity contribution in [3.63, 3.8) is 0 Å². The lowest BCUT2D eigenvalue weighted by molar-refractivity contribution is -0.984. The molecule has 2 aromatic carbocycles. The van der Waals surface area contributed by atoms with Crippen molar-refractivity contribution < 1.29 is 23.8 Å². The lowest BCUT2D eigenvalue weighted by Gasteiger charge is -2.58. The van der Waals surface area contributed by atoms with Crippen LogP contribution in [0.5, 0.6) is 17.2 Å². The Bertz CT molecular complexity index is 1300. The minimum absolute atomic E-state index is 0.0308. The molecule has 7 rings (SSSR count). The zero-order valence-corrected chi connectivity index (χ0v) is 20.6. The molecule has 5 atom stereocenters. The Morgan fingerprint density at radius 3 is 2.89 bits per heavy atom. The summed E-state index contributed by atoms with van der Waals surface area (Å²) in [7, 11) is 1.66. The van der Waals surface area contributed by atoms with Crippen LogP contribution >= 0.6 is 11.6 Å². The van der Waals surface area contributed by atoms with E-state index in [0.717, 1.165) is 70.5 Å². The molecule has 5 heterocycles. The number of rotatable bonds is 6. The Morgan fingerprint density at radius 1 is 1.26 bits per heavy atom. The second-order valence-electron chi connectivity index (χ2n) is 10.1. The SMILES string of the molecule is C=CC1C[N+]2(Cc3cc4c(cc3Cl)OCO4)CCC1CC2[C@@H](O)c1ccnc2ccc(OC)cc12. The first-order valence-corrected chi connectivity index (χ1v) is 12.6. The van der Waals surface area contributed by atoms with E-state index in [9.17, 15) is 5.11 Å². The first-order chi connectivity index (χ1) is 17.0. The third-order valence-electron chi connectivity index (χ3n) is 8.37. The zero-order valence-electron chi connectivity index (χ0n) is 19.8. The molecule has 1 N–H and O–H groups in total. The third-order valence-corrected chi connectivity index (χ3v) is 8.72. The van der Waals surface area contributed by atoms with E-state index in [4.69, 9.17) is 25.8 Å². The summed E-state index contributed by atoms with van der Waals surface area (Å²) in [5, 5.41) is 13.6. The molecule has 4 aliphatic rings. The molecule has 3 fully saturated rings. The average Bonchev–Trinajstić information content (AvgIpc) is 3.34. The largest absolute Gasteiger partial charge is 0.497 e. The first kappa shape index (κ1) is 22.7. The van der Waals surface area contributed by atoms with E-state index in [1.165, 1.54) is 0 Å². The maximum atomic E-state index is 12.0. The normalized spacial score (nSPS) is 27.7.